The van der Waals surface area contributed by atoms with Crippen molar-refractivity contribution in [1.82, 2.24) is 0 Å². The van der Waals surface area contributed by atoms with E-state index in [2.05, 4.69) is 0 Å². The van der Waals surface area contributed by atoms with Crippen molar-refractivity contribution >= 4 is 17.2 Å². The van der Waals surface area contributed by atoms with Crippen LogP contribution in [0.5, 0.6) is 0 Å². The summed E-state index contributed by atoms with van der Waals surface area (Å²) in [6.07, 6.45) is 17.6. The zero-order valence-electron chi connectivity index (χ0n) is 7.54. The molecule has 72 valence electrons. The van der Waals surface area contributed by atoms with Gasteiger partial charge in [0.2, 0.25) is 0 Å². The maximum absolute atomic E-state index is 5.29. The zero-order chi connectivity index (χ0) is 9.52. The molecule has 2 aliphatic carbocycles. The maximum atomic E-state index is 5.29. The Bertz CT molecular complexity index is 144. The first-order chi connectivity index (χ1) is 6.30. The average molecular weight is 245 g/mol. The Labute approximate surface area is 104 Å². The van der Waals surface area contributed by atoms with Crippen LogP contribution in [0.4, 0.5) is 0 Å². The van der Waals surface area contributed by atoms with E-state index >= 15 is 0 Å². The van der Waals surface area contributed by atoms with Gasteiger partial charge in [-0.25, -0.2) is 0 Å². The molecule has 10 radical (unpaired) electrons. The van der Waals surface area contributed by atoms with Crippen molar-refractivity contribution in [2.45, 2.75) is 0 Å². The first-order valence-electron chi connectivity index (χ1n) is 3.99. The van der Waals surface area contributed by atoms with E-state index in [0.717, 1.165) is 5.92 Å². The fourth-order valence-electron chi connectivity index (χ4n) is 0.859. The van der Waals surface area contributed by atoms with E-state index in [9.17, 15) is 0 Å². The van der Waals surface area contributed by atoms with Crippen molar-refractivity contribution < 1.29 is 17.1 Å². The van der Waals surface area contributed by atoms with Crippen LogP contribution in [0, 0.1) is 63.7 Å². The monoisotopic (exact) mass is 245 g/mol. The molecule has 0 amide bonds. The van der Waals surface area contributed by atoms with E-state index in [4.69, 9.17) is 18.0 Å². The van der Waals surface area contributed by atoms with Gasteiger partial charge in [-0.1, -0.05) is 12.2 Å². The minimum atomic E-state index is 0. The molecule has 2 rings (SSSR count). The quantitative estimate of drug-likeness (QED) is 0.562. The summed E-state index contributed by atoms with van der Waals surface area (Å²) < 4.78 is 0. The molecule has 2 N–H and O–H groups in total. The summed E-state index contributed by atoms with van der Waals surface area (Å²) in [5, 5.41) is 0. The first kappa shape index (κ1) is 14.4. The van der Waals surface area contributed by atoms with E-state index < -0.39 is 0 Å². The minimum Gasteiger partial charge on any atom is -0.393 e. The normalized spacial score (nSPS) is 20.9. The summed E-state index contributed by atoms with van der Waals surface area (Å²) in [6.45, 7) is 0. The molecule has 0 aromatic heterocycles. The molecule has 14 heavy (non-hydrogen) atoms. The van der Waals surface area contributed by atoms with Crippen molar-refractivity contribution in [3.63, 3.8) is 0 Å². The van der Waals surface area contributed by atoms with Gasteiger partial charge in [0.15, 0.2) is 0 Å². The summed E-state index contributed by atoms with van der Waals surface area (Å²) >= 11 is 4.69. The molecule has 2 fully saturated rings. The summed E-state index contributed by atoms with van der Waals surface area (Å²) in [4.78, 5) is 0.468. The second-order valence-electron chi connectivity index (χ2n) is 2.50. The Morgan fingerprint density at radius 3 is 1.43 bits per heavy atom. The van der Waals surface area contributed by atoms with Gasteiger partial charge >= 0.3 is 17.1 Å². The van der Waals surface area contributed by atoms with Crippen molar-refractivity contribution in [3.8, 4) is 0 Å². The molecule has 0 saturated heterocycles. The van der Waals surface area contributed by atoms with Gasteiger partial charge < -0.3 is 5.73 Å². The van der Waals surface area contributed by atoms with Crippen LogP contribution < -0.4 is 5.73 Å². The van der Waals surface area contributed by atoms with Crippen LogP contribution in [0.2, 0.25) is 0 Å². The van der Waals surface area contributed by atoms with Crippen molar-refractivity contribution in [1.29, 1.82) is 0 Å². The van der Waals surface area contributed by atoms with Gasteiger partial charge in [0.1, 0.15) is 0 Å². The number of thiocarbonyl (C=S) groups is 1. The number of nitrogens with two attached hydrogens (primary N) is 1. The first-order valence-corrected chi connectivity index (χ1v) is 4.40. The third-order valence-electron chi connectivity index (χ3n) is 1.50. The van der Waals surface area contributed by atoms with E-state index in [1.54, 1.807) is 0 Å². The molecular weight excluding hydrogens is 234 g/mol. The summed E-state index contributed by atoms with van der Waals surface area (Å²) in [5.41, 5.74) is 5.29. The van der Waals surface area contributed by atoms with Crippen molar-refractivity contribution in [2.24, 2.45) is 5.73 Å². The molecule has 0 bridgehead atoms. The Kier molecular flexibility index (Phi) is 8.95. The number of rotatable bonds is 1. The molecule has 0 aromatic rings. The molecule has 0 unspecified atom stereocenters. The molecular formula is C11H11FeNS+2. The average Bonchev–Trinajstić information content (AvgIpc) is 2.82. The van der Waals surface area contributed by atoms with Crippen LogP contribution in [0.1, 0.15) is 0 Å². The fraction of sp³-hybridized carbons (Fsp3) is 0. The summed E-state index contributed by atoms with van der Waals surface area (Å²) in [5.74, 6) is 0.944. The van der Waals surface area contributed by atoms with Gasteiger partial charge in [-0.3, -0.25) is 0 Å². The van der Waals surface area contributed by atoms with E-state index in [-0.39, 0.29) is 17.1 Å². The van der Waals surface area contributed by atoms with Crippen molar-refractivity contribution in [2.75, 3.05) is 0 Å². The van der Waals surface area contributed by atoms with E-state index in [1.807, 2.05) is 57.8 Å². The molecule has 2 aliphatic rings. The molecule has 1 nitrogen and oxygen atoms in total. The molecule has 0 atom stereocenters. The Morgan fingerprint density at radius 2 is 1.21 bits per heavy atom. The predicted molar refractivity (Wildman–Crippen MR) is 58.7 cm³/mol. The van der Waals surface area contributed by atoms with E-state index in [1.165, 1.54) is 0 Å². The van der Waals surface area contributed by atoms with Gasteiger partial charge in [0.25, 0.3) is 0 Å². The molecule has 0 heterocycles. The second kappa shape index (κ2) is 8.70. The van der Waals surface area contributed by atoms with Gasteiger partial charge in [0, 0.05) is 5.92 Å². The van der Waals surface area contributed by atoms with Gasteiger partial charge in [-0.15, -0.1) is 0 Å². The smallest absolute Gasteiger partial charge is 0.393 e. The van der Waals surface area contributed by atoms with Crippen LogP contribution in [-0.2, 0) is 17.1 Å². The van der Waals surface area contributed by atoms with Crippen LogP contribution in [0.3, 0.4) is 0 Å². The molecule has 3 heteroatoms. The minimum absolute atomic E-state index is 0. The standard InChI is InChI=1S/C6H6NS.C5H5.Fe/c7-6(8)5-3-1-2-4-5;1-2-4-5-3-1;/h1-4H,(H2,7,8);1-5H;/q;;+2. The topological polar surface area (TPSA) is 26.0 Å². The number of hydrogen-bond donors (Lipinski definition) is 1. The fourth-order valence-corrected chi connectivity index (χ4v) is 0.995. The summed E-state index contributed by atoms with van der Waals surface area (Å²) in [6, 6.07) is 0. The molecule has 0 aromatic carbocycles. The Hall–Kier alpha value is 0.409. The van der Waals surface area contributed by atoms with Gasteiger partial charge in [-0.05, 0) is 57.8 Å². The van der Waals surface area contributed by atoms with Crippen LogP contribution in [-0.4, -0.2) is 4.99 Å². The van der Waals surface area contributed by atoms with Gasteiger partial charge in [0.05, 0.1) is 4.99 Å². The van der Waals surface area contributed by atoms with Crippen molar-refractivity contribution in [3.05, 3.63) is 63.7 Å². The van der Waals surface area contributed by atoms with Crippen LogP contribution in [0.15, 0.2) is 0 Å². The van der Waals surface area contributed by atoms with E-state index in [0.29, 0.717) is 4.99 Å². The summed E-state index contributed by atoms with van der Waals surface area (Å²) in [7, 11) is 0. The predicted octanol–water partition coefficient (Wildman–Crippen LogP) is 1.70. The molecule has 2 saturated carbocycles. The zero-order valence-corrected chi connectivity index (χ0v) is 9.46. The maximum Gasteiger partial charge on any atom is 2.00 e. The van der Waals surface area contributed by atoms with Crippen LogP contribution in [0.25, 0.3) is 0 Å². The van der Waals surface area contributed by atoms with Crippen LogP contribution >= 0.6 is 12.2 Å². The largest absolute Gasteiger partial charge is 2.00 e. The number of hydrogen-bond acceptors (Lipinski definition) is 1. The molecule has 0 spiro atoms. The third-order valence-corrected chi connectivity index (χ3v) is 1.74. The SMILES string of the molecule is NC(=S)[C]1[CH][CH][CH][CH]1.[CH]1[CH][CH][CH][CH]1.[Fe+2]. The third kappa shape index (κ3) is 6.00. The molecule has 0 aliphatic heterocycles. The second-order valence-corrected chi connectivity index (χ2v) is 2.94. The Morgan fingerprint density at radius 1 is 0.857 bits per heavy atom. The van der Waals surface area contributed by atoms with Gasteiger partial charge in [-0.2, -0.15) is 0 Å². The Balaban J connectivity index is 0.000000246.